The van der Waals surface area contributed by atoms with Gasteiger partial charge < -0.3 is 10.1 Å². The number of rotatable bonds is 4. The zero-order valence-electron chi connectivity index (χ0n) is 11.9. The van der Waals surface area contributed by atoms with Crippen molar-refractivity contribution in [2.75, 3.05) is 12.3 Å². The minimum atomic E-state index is 0.117. The number of fused-ring (bicyclic) bond motifs is 1. The third-order valence-corrected chi connectivity index (χ3v) is 4.95. The quantitative estimate of drug-likeness (QED) is 0.893. The largest absolute Gasteiger partial charge is 0.486 e. The summed E-state index contributed by atoms with van der Waals surface area (Å²) in [4.78, 5) is 1.22. The van der Waals surface area contributed by atoms with Crippen molar-refractivity contribution in [3.05, 3.63) is 59.1 Å². The Morgan fingerprint density at radius 2 is 2.00 bits per heavy atom. The molecular weight excluding hydrogens is 302 g/mol. The summed E-state index contributed by atoms with van der Waals surface area (Å²) in [5.74, 6) is 1.92. The molecule has 0 aliphatic carbocycles. The van der Waals surface area contributed by atoms with Crippen LogP contribution in [0.1, 0.15) is 18.5 Å². The number of hydrogen-bond donors (Lipinski definition) is 1. The Kier molecular flexibility index (Phi) is 4.73. The van der Waals surface area contributed by atoms with Gasteiger partial charge in [-0.25, -0.2) is 0 Å². The maximum absolute atomic E-state index is 6.21. The molecule has 0 bridgehead atoms. The Morgan fingerprint density at radius 3 is 2.76 bits per heavy atom. The predicted molar refractivity (Wildman–Crippen MR) is 89.5 cm³/mol. The van der Waals surface area contributed by atoms with Gasteiger partial charge in [-0.3, -0.25) is 0 Å². The van der Waals surface area contributed by atoms with Gasteiger partial charge in [-0.1, -0.05) is 42.8 Å². The molecule has 0 saturated heterocycles. The SMILES string of the molecule is CCNC(c1ccc(Cl)cc1)C1CSc2ccccc2O1. The summed E-state index contributed by atoms with van der Waals surface area (Å²) in [5.41, 5.74) is 1.21. The highest BCUT2D eigenvalue weighted by Crippen LogP contribution is 2.38. The van der Waals surface area contributed by atoms with Crippen molar-refractivity contribution in [3.8, 4) is 5.75 Å². The molecule has 4 heteroatoms. The lowest BCUT2D eigenvalue weighted by Crippen LogP contribution is -2.38. The Bertz CT molecular complexity index is 602. The number of halogens is 1. The fourth-order valence-electron chi connectivity index (χ4n) is 2.55. The minimum absolute atomic E-state index is 0.117. The maximum atomic E-state index is 6.21. The van der Waals surface area contributed by atoms with Crippen LogP contribution >= 0.6 is 23.4 Å². The molecule has 2 aromatic rings. The second kappa shape index (κ2) is 6.73. The standard InChI is InChI=1S/C17H18ClNOS/c1-2-19-17(12-7-9-13(18)10-8-12)15-11-21-16-6-4-3-5-14(16)20-15/h3-10,15,17,19H,2,11H2,1H3. The van der Waals surface area contributed by atoms with Crippen LogP contribution < -0.4 is 10.1 Å². The van der Waals surface area contributed by atoms with Crippen LogP contribution in [0.15, 0.2) is 53.4 Å². The number of ether oxygens (including phenoxy) is 1. The van der Waals surface area contributed by atoms with Gasteiger partial charge in [0.2, 0.25) is 0 Å². The van der Waals surface area contributed by atoms with E-state index in [4.69, 9.17) is 16.3 Å². The van der Waals surface area contributed by atoms with Gasteiger partial charge in [0.1, 0.15) is 11.9 Å². The third kappa shape index (κ3) is 3.37. The first-order valence-corrected chi connectivity index (χ1v) is 8.51. The van der Waals surface area contributed by atoms with E-state index in [1.807, 2.05) is 36.0 Å². The summed E-state index contributed by atoms with van der Waals surface area (Å²) >= 11 is 7.85. The topological polar surface area (TPSA) is 21.3 Å². The molecule has 1 aliphatic heterocycles. The van der Waals surface area contributed by atoms with Crippen molar-refractivity contribution >= 4 is 23.4 Å². The van der Waals surface area contributed by atoms with Crippen molar-refractivity contribution in [2.45, 2.75) is 24.0 Å². The summed E-state index contributed by atoms with van der Waals surface area (Å²) in [5, 5.41) is 4.30. The lowest BCUT2D eigenvalue weighted by Gasteiger charge is -2.32. The van der Waals surface area contributed by atoms with Crippen LogP contribution in [-0.2, 0) is 0 Å². The Morgan fingerprint density at radius 1 is 1.24 bits per heavy atom. The Hall–Kier alpha value is -1.16. The van der Waals surface area contributed by atoms with E-state index in [1.165, 1.54) is 10.5 Å². The van der Waals surface area contributed by atoms with E-state index in [0.29, 0.717) is 0 Å². The number of likely N-dealkylation sites (N-methyl/N-ethyl adjacent to an activating group) is 1. The average Bonchev–Trinajstić information content (AvgIpc) is 2.53. The Balaban J connectivity index is 1.83. The van der Waals surface area contributed by atoms with E-state index in [-0.39, 0.29) is 12.1 Å². The van der Waals surface area contributed by atoms with Crippen LogP contribution in [0.25, 0.3) is 0 Å². The van der Waals surface area contributed by atoms with Gasteiger partial charge in [0.25, 0.3) is 0 Å². The van der Waals surface area contributed by atoms with Crippen LogP contribution in [0.5, 0.6) is 5.75 Å². The smallest absolute Gasteiger partial charge is 0.133 e. The average molecular weight is 320 g/mol. The fraction of sp³-hybridized carbons (Fsp3) is 0.294. The zero-order valence-corrected chi connectivity index (χ0v) is 13.5. The van der Waals surface area contributed by atoms with Gasteiger partial charge in [0.15, 0.2) is 0 Å². The molecule has 2 unspecified atom stereocenters. The summed E-state index contributed by atoms with van der Waals surface area (Å²) in [7, 11) is 0. The molecule has 3 rings (SSSR count). The zero-order chi connectivity index (χ0) is 14.7. The number of para-hydroxylation sites is 1. The van der Waals surface area contributed by atoms with Crippen LogP contribution in [0, 0.1) is 0 Å². The summed E-state index contributed by atoms with van der Waals surface area (Å²) in [6.07, 6.45) is 0.117. The summed E-state index contributed by atoms with van der Waals surface area (Å²) < 4.78 is 6.21. The van der Waals surface area contributed by atoms with Crippen molar-refractivity contribution < 1.29 is 4.74 Å². The van der Waals surface area contributed by atoms with E-state index in [0.717, 1.165) is 23.1 Å². The van der Waals surface area contributed by atoms with Gasteiger partial charge in [-0.15, -0.1) is 11.8 Å². The van der Waals surface area contributed by atoms with Crippen molar-refractivity contribution in [3.63, 3.8) is 0 Å². The van der Waals surface area contributed by atoms with Crippen molar-refractivity contribution in [1.82, 2.24) is 5.32 Å². The highest BCUT2D eigenvalue weighted by Gasteiger charge is 2.28. The molecule has 1 heterocycles. The molecule has 110 valence electrons. The molecule has 1 N–H and O–H groups in total. The maximum Gasteiger partial charge on any atom is 0.133 e. The lowest BCUT2D eigenvalue weighted by molar-refractivity contribution is 0.167. The summed E-state index contributed by atoms with van der Waals surface area (Å²) in [6, 6.07) is 16.4. The summed E-state index contributed by atoms with van der Waals surface area (Å²) in [6.45, 7) is 3.02. The van der Waals surface area contributed by atoms with Crippen LogP contribution in [0.3, 0.4) is 0 Å². The van der Waals surface area contributed by atoms with E-state index >= 15 is 0 Å². The number of nitrogens with one attached hydrogen (secondary N) is 1. The number of benzene rings is 2. The van der Waals surface area contributed by atoms with Gasteiger partial charge in [-0.2, -0.15) is 0 Å². The normalized spacial score (nSPS) is 18.7. The van der Waals surface area contributed by atoms with E-state index < -0.39 is 0 Å². The molecule has 0 fully saturated rings. The molecule has 2 atom stereocenters. The monoisotopic (exact) mass is 319 g/mol. The molecule has 1 aliphatic rings. The first kappa shape index (κ1) is 14.8. The van der Waals surface area contributed by atoms with E-state index in [9.17, 15) is 0 Å². The van der Waals surface area contributed by atoms with Gasteiger partial charge in [0.05, 0.1) is 6.04 Å². The van der Waals surface area contributed by atoms with Crippen LogP contribution in [0.2, 0.25) is 5.02 Å². The van der Waals surface area contributed by atoms with E-state index in [1.54, 1.807) is 0 Å². The molecule has 0 amide bonds. The minimum Gasteiger partial charge on any atom is -0.486 e. The first-order valence-electron chi connectivity index (χ1n) is 7.15. The molecule has 0 saturated carbocycles. The molecule has 0 spiro atoms. The molecule has 0 aromatic heterocycles. The number of hydrogen-bond acceptors (Lipinski definition) is 3. The molecular formula is C17H18ClNOS. The number of thioether (sulfide) groups is 1. The lowest BCUT2D eigenvalue weighted by atomic mass is 10.0. The third-order valence-electron chi connectivity index (χ3n) is 3.56. The van der Waals surface area contributed by atoms with Gasteiger partial charge >= 0.3 is 0 Å². The second-order valence-electron chi connectivity index (χ2n) is 5.00. The highest BCUT2D eigenvalue weighted by molar-refractivity contribution is 7.99. The van der Waals surface area contributed by atoms with E-state index in [2.05, 4.69) is 36.5 Å². The fourth-order valence-corrected chi connectivity index (χ4v) is 3.72. The molecule has 21 heavy (non-hydrogen) atoms. The van der Waals surface area contributed by atoms with Crippen molar-refractivity contribution in [1.29, 1.82) is 0 Å². The Labute approximate surface area is 134 Å². The predicted octanol–water partition coefficient (Wildman–Crippen LogP) is 4.54. The first-order chi connectivity index (χ1) is 10.3. The van der Waals surface area contributed by atoms with Gasteiger partial charge in [0, 0.05) is 15.7 Å². The molecule has 2 aromatic carbocycles. The molecule has 2 nitrogen and oxygen atoms in total. The second-order valence-corrected chi connectivity index (χ2v) is 6.50. The highest BCUT2D eigenvalue weighted by atomic mass is 35.5. The van der Waals surface area contributed by atoms with Crippen LogP contribution in [-0.4, -0.2) is 18.4 Å². The van der Waals surface area contributed by atoms with Gasteiger partial charge in [-0.05, 0) is 36.4 Å². The molecule has 0 radical (unpaired) electrons. The van der Waals surface area contributed by atoms with Crippen molar-refractivity contribution in [2.24, 2.45) is 0 Å². The van der Waals surface area contributed by atoms with Crippen LogP contribution in [0.4, 0.5) is 0 Å².